The Morgan fingerprint density at radius 3 is 2.43 bits per heavy atom. The summed E-state index contributed by atoms with van der Waals surface area (Å²) in [5.74, 6) is -0.896. The van der Waals surface area contributed by atoms with Crippen molar-refractivity contribution in [3.8, 4) is 0 Å². The summed E-state index contributed by atoms with van der Waals surface area (Å²) >= 11 is 0. The predicted octanol–water partition coefficient (Wildman–Crippen LogP) is 0.494. The number of aryl methyl sites for hydroxylation is 1. The van der Waals surface area contributed by atoms with Crippen molar-refractivity contribution in [1.82, 2.24) is 10.6 Å². The fourth-order valence-corrected chi connectivity index (χ4v) is 1.63. The molecule has 0 saturated carbocycles. The summed E-state index contributed by atoms with van der Waals surface area (Å²) in [7, 11) is 0. The second-order valence-electron chi connectivity index (χ2n) is 4.22. The standard InChI is InChI=1S/C13H18N4O4/c14-12(20)15-7-8-16-13(21)17-10-4-2-1-3-9(10)5-6-11(18)19/h1-4H,5-8H2,(H,18,19)(H3,14,15,20)(H2,16,17,21). The number of primary amides is 1. The molecule has 0 saturated heterocycles. The maximum atomic E-state index is 11.7. The van der Waals surface area contributed by atoms with Gasteiger partial charge in [0.1, 0.15) is 0 Å². The highest BCUT2D eigenvalue weighted by atomic mass is 16.4. The number of benzene rings is 1. The van der Waals surface area contributed by atoms with Crippen LogP contribution in [0.4, 0.5) is 15.3 Å². The maximum absolute atomic E-state index is 11.7. The molecule has 0 aliphatic carbocycles. The number of carboxylic acids is 1. The first kappa shape index (κ1) is 16.3. The first-order chi connectivity index (χ1) is 9.99. The van der Waals surface area contributed by atoms with E-state index in [2.05, 4.69) is 16.0 Å². The zero-order valence-corrected chi connectivity index (χ0v) is 11.4. The summed E-state index contributed by atoms with van der Waals surface area (Å²) in [5.41, 5.74) is 6.18. The Kier molecular flexibility index (Phi) is 6.52. The van der Waals surface area contributed by atoms with Crippen LogP contribution in [0.15, 0.2) is 24.3 Å². The molecule has 0 unspecified atom stereocenters. The molecule has 0 atom stereocenters. The van der Waals surface area contributed by atoms with Crippen LogP contribution >= 0.6 is 0 Å². The van der Waals surface area contributed by atoms with E-state index >= 15 is 0 Å². The number of hydrogen-bond donors (Lipinski definition) is 5. The van der Waals surface area contributed by atoms with Crippen molar-refractivity contribution in [2.24, 2.45) is 5.73 Å². The Hall–Kier alpha value is -2.77. The van der Waals surface area contributed by atoms with Gasteiger partial charge in [-0.2, -0.15) is 0 Å². The fraction of sp³-hybridized carbons (Fsp3) is 0.308. The molecule has 0 heterocycles. The predicted molar refractivity (Wildman–Crippen MR) is 77.0 cm³/mol. The van der Waals surface area contributed by atoms with Gasteiger partial charge in [0, 0.05) is 25.2 Å². The Balaban J connectivity index is 2.47. The first-order valence-electron chi connectivity index (χ1n) is 6.37. The van der Waals surface area contributed by atoms with Crippen molar-refractivity contribution in [1.29, 1.82) is 0 Å². The van der Waals surface area contributed by atoms with Gasteiger partial charge in [0.05, 0.1) is 0 Å². The number of nitrogens with one attached hydrogen (secondary N) is 3. The molecule has 0 aliphatic heterocycles. The largest absolute Gasteiger partial charge is 0.481 e. The van der Waals surface area contributed by atoms with Gasteiger partial charge in [-0.05, 0) is 18.1 Å². The maximum Gasteiger partial charge on any atom is 0.319 e. The molecule has 0 aliphatic rings. The number of urea groups is 2. The van der Waals surface area contributed by atoms with Gasteiger partial charge < -0.3 is 26.8 Å². The third-order valence-electron chi connectivity index (χ3n) is 2.58. The number of rotatable bonds is 7. The molecule has 1 aromatic rings. The lowest BCUT2D eigenvalue weighted by Gasteiger charge is -2.11. The minimum absolute atomic E-state index is 0.0111. The van der Waals surface area contributed by atoms with Crippen LogP contribution in [0.25, 0.3) is 0 Å². The Morgan fingerprint density at radius 1 is 1.10 bits per heavy atom. The Morgan fingerprint density at radius 2 is 1.76 bits per heavy atom. The number of carbonyl (C=O) groups is 3. The number of nitrogens with two attached hydrogens (primary N) is 1. The van der Waals surface area contributed by atoms with E-state index in [0.29, 0.717) is 12.1 Å². The molecule has 114 valence electrons. The van der Waals surface area contributed by atoms with E-state index in [4.69, 9.17) is 10.8 Å². The van der Waals surface area contributed by atoms with Gasteiger partial charge in [-0.15, -0.1) is 0 Å². The van der Waals surface area contributed by atoms with Gasteiger partial charge in [0.2, 0.25) is 0 Å². The number of carbonyl (C=O) groups excluding carboxylic acids is 2. The molecule has 8 heteroatoms. The smallest absolute Gasteiger partial charge is 0.319 e. The molecule has 0 fully saturated rings. The van der Waals surface area contributed by atoms with Crippen LogP contribution in [0.5, 0.6) is 0 Å². The normalized spacial score (nSPS) is 9.71. The van der Waals surface area contributed by atoms with E-state index in [0.717, 1.165) is 5.56 Å². The molecule has 0 aromatic heterocycles. The second-order valence-corrected chi connectivity index (χ2v) is 4.22. The number of carboxylic acid groups (broad SMARTS) is 1. The topological polar surface area (TPSA) is 134 Å². The summed E-state index contributed by atoms with van der Waals surface area (Å²) < 4.78 is 0. The minimum Gasteiger partial charge on any atom is -0.481 e. The van der Waals surface area contributed by atoms with Gasteiger partial charge in [-0.25, -0.2) is 9.59 Å². The Labute approximate surface area is 121 Å². The molecule has 1 aromatic carbocycles. The lowest BCUT2D eigenvalue weighted by atomic mass is 10.1. The average molecular weight is 294 g/mol. The molecule has 21 heavy (non-hydrogen) atoms. The third-order valence-corrected chi connectivity index (χ3v) is 2.58. The molecule has 8 nitrogen and oxygen atoms in total. The highest BCUT2D eigenvalue weighted by Gasteiger charge is 2.07. The summed E-state index contributed by atoms with van der Waals surface area (Å²) in [6.07, 6.45) is 0.317. The zero-order valence-electron chi connectivity index (χ0n) is 11.4. The lowest BCUT2D eigenvalue weighted by Crippen LogP contribution is -2.38. The average Bonchev–Trinajstić information content (AvgIpc) is 2.42. The van der Waals surface area contributed by atoms with Gasteiger partial charge >= 0.3 is 18.0 Å². The molecular formula is C13H18N4O4. The molecule has 4 amide bonds. The Bertz CT molecular complexity index is 519. The van der Waals surface area contributed by atoms with Crippen molar-refractivity contribution >= 4 is 23.7 Å². The van der Waals surface area contributed by atoms with Crippen molar-refractivity contribution in [2.45, 2.75) is 12.8 Å². The quantitative estimate of drug-likeness (QED) is 0.468. The second kappa shape index (κ2) is 8.41. The summed E-state index contributed by atoms with van der Waals surface area (Å²) in [6.45, 7) is 0.454. The van der Waals surface area contributed by atoms with E-state index in [1.54, 1.807) is 24.3 Å². The van der Waals surface area contributed by atoms with Gasteiger partial charge in [-0.3, -0.25) is 4.79 Å². The van der Waals surface area contributed by atoms with Crippen LogP contribution in [-0.2, 0) is 11.2 Å². The number of hydrogen-bond acceptors (Lipinski definition) is 3. The van der Waals surface area contributed by atoms with Gasteiger partial charge in [0.25, 0.3) is 0 Å². The van der Waals surface area contributed by atoms with Crippen molar-refractivity contribution in [3.05, 3.63) is 29.8 Å². The van der Waals surface area contributed by atoms with Crippen LogP contribution in [0.3, 0.4) is 0 Å². The van der Waals surface area contributed by atoms with E-state index in [9.17, 15) is 14.4 Å². The number of anilines is 1. The van der Waals surface area contributed by atoms with E-state index in [1.807, 2.05) is 0 Å². The first-order valence-corrected chi connectivity index (χ1v) is 6.37. The highest BCUT2D eigenvalue weighted by molar-refractivity contribution is 5.90. The van der Waals surface area contributed by atoms with Crippen LogP contribution in [0.1, 0.15) is 12.0 Å². The molecular weight excluding hydrogens is 276 g/mol. The molecule has 1 rings (SSSR count). The van der Waals surface area contributed by atoms with Crippen LogP contribution in [0.2, 0.25) is 0 Å². The molecule has 0 bridgehead atoms. The van der Waals surface area contributed by atoms with Crippen LogP contribution in [-0.4, -0.2) is 36.2 Å². The summed E-state index contributed by atoms with van der Waals surface area (Å²) in [5, 5.41) is 16.2. The van der Waals surface area contributed by atoms with Gasteiger partial charge in [0.15, 0.2) is 0 Å². The van der Waals surface area contributed by atoms with Crippen LogP contribution < -0.4 is 21.7 Å². The molecule has 0 radical (unpaired) electrons. The summed E-state index contributed by atoms with van der Waals surface area (Å²) in [4.78, 5) is 32.7. The van der Waals surface area contributed by atoms with Crippen molar-refractivity contribution in [2.75, 3.05) is 18.4 Å². The number of para-hydroxylation sites is 1. The third kappa shape index (κ3) is 6.81. The van der Waals surface area contributed by atoms with E-state index in [-0.39, 0.29) is 19.5 Å². The van der Waals surface area contributed by atoms with Crippen molar-refractivity contribution in [3.63, 3.8) is 0 Å². The lowest BCUT2D eigenvalue weighted by molar-refractivity contribution is -0.136. The monoisotopic (exact) mass is 294 g/mol. The van der Waals surface area contributed by atoms with E-state index in [1.165, 1.54) is 0 Å². The zero-order chi connectivity index (χ0) is 15.7. The van der Waals surface area contributed by atoms with Gasteiger partial charge in [-0.1, -0.05) is 18.2 Å². The molecule has 6 N–H and O–H groups in total. The minimum atomic E-state index is -0.896. The number of amides is 4. The van der Waals surface area contributed by atoms with Crippen LogP contribution in [0, 0.1) is 0 Å². The van der Waals surface area contributed by atoms with E-state index < -0.39 is 18.0 Å². The highest BCUT2D eigenvalue weighted by Crippen LogP contribution is 2.16. The fourth-order valence-electron chi connectivity index (χ4n) is 1.63. The van der Waals surface area contributed by atoms with Crippen molar-refractivity contribution < 1.29 is 19.5 Å². The SMILES string of the molecule is NC(=O)NCCNC(=O)Nc1ccccc1CCC(=O)O. The number of aliphatic carboxylic acids is 1. The summed E-state index contributed by atoms with van der Waals surface area (Å²) in [6, 6.07) is 5.87. The molecule has 0 spiro atoms.